The second-order valence-corrected chi connectivity index (χ2v) is 12.7. The van der Waals surface area contributed by atoms with Gasteiger partial charge in [-0.05, 0) is 55.6 Å². The highest BCUT2D eigenvalue weighted by Crippen LogP contribution is 2.36. The van der Waals surface area contributed by atoms with Gasteiger partial charge >= 0.3 is 0 Å². The summed E-state index contributed by atoms with van der Waals surface area (Å²) in [6.45, 7) is 18.0. The molecule has 0 aliphatic rings. The number of hydrogen-bond donors (Lipinski definition) is 1. The summed E-state index contributed by atoms with van der Waals surface area (Å²) in [4.78, 5) is 0. The molecule has 23 heavy (non-hydrogen) atoms. The quantitative estimate of drug-likeness (QED) is 0.474. The number of hydrogen-bond acceptors (Lipinski definition) is 2. The molecule has 0 amide bonds. The smallest absolute Gasteiger partial charge is 0.192 e. The van der Waals surface area contributed by atoms with Crippen LogP contribution in [-0.4, -0.2) is 20.0 Å². The van der Waals surface area contributed by atoms with Crippen LogP contribution in [0.3, 0.4) is 0 Å². The van der Waals surface area contributed by atoms with Crippen molar-refractivity contribution in [3.05, 3.63) is 34.4 Å². The molecule has 0 saturated carbocycles. The van der Waals surface area contributed by atoms with Crippen molar-refractivity contribution in [2.24, 2.45) is 0 Å². The lowest BCUT2D eigenvalue weighted by molar-refractivity contribution is 0.236. The van der Waals surface area contributed by atoms with Gasteiger partial charge in [0.1, 0.15) is 6.10 Å². The van der Waals surface area contributed by atoms with Gasteiger partial charge in [0.25, 0.3) is 0 Å². The van der Waals surface area contributed by atoms with E-state index in [9.17, 15) is 5.11 Å². The topological polar surface area (TPSA) is 29.5 Å². The number of benzene rings is 1. The molecule has 0 saturated heterocycles. The molecule has 2 nitrogen and oxygen atoms in total. The maximum Gasteiger partial charge on any atom is 0.192 e. The van der Waals surface area contributed by atoms with Gasteiger partial charge in [-0.3, -0.25) is 0 Å². The van der Waals surface area contributed by atoms with Gasteiger partial charge in [-0.25, -0.2) is 0 Å². The van der Waals surface area contributed by atoms with Gasteiger partial charge in [0.15, 0.2) is 8.32 Å². The Labute approximate surface area is 143 Å². The van der Waals surface area contributed by atoms with Crippen molar-refractivity contribution in [1.29, 1.82) is 0 Å². The van der Waals surface area contributed by atoms with E-state index in [1.165, 1.54) is 5.56 Å². The van der Waals surface area contributed by atoms with E-state index in [1.54, 1.807) is 0 Å². The zero-order valence-corrected chi connectivity index (χ0v) is 17.0. The van der Waals surface area contributed by atoms with E-state index in [4.69, 9.17) is 4.43 Å². The molecular weight excluding hydrogens is 300 g/mol. The Morgan fingerprint density at radius 2 is 1.65 bits per heavy atom. The first-order valence-corrected chi connectivity index (χ1v) is 11.2. The second-order valence-electron chi connectivity index (χ2n) is 7.89. The van der Waals surface area contributed by atoms with Crippen molar-refractivity contribution in [2.45, 2.75) is 72.2 Å². The first-order chi connectivity index (χ1) is 10.5. The van der Waals surface area contributed by atoms with Crippen LogP contribution in [-0.2, 0) is 4.43 Å². The molecule has 1 N–H and O–H groups in total. The number of aliphatic hydroxyl groups excluding tert-OH is 1. The second kappa shape index (κ2) is 7.66. The van der Waals surface area contributed by atoms with Gasteiger partial charge < -0.3 is 9.53 Å². The van der Waals surface area contributed by atoms with Crippen molar-refractivity contribution >= 4 is 8.32 Å². The molecule has 0 aliphatic carbocycles. The zero-order valence-electron chi connectivity index (χ0n) is 16.0. The van der Waals surface area contributed by atoms with Gasteiger partial charge in [0.2, 0.25) is 0 Å². The molecule has 0 aliphatic heterocycles. The summed E-state index contributed by atoms with van der Waals surface area (Å²) >= 11 is 0. The van der Waals surface area contributed by atoms with Crippen LogP contribution < -0.4 is 0 Å². The zero-order chi connectivity index (χ0) is 17.8. The minimum atomic E-state index is -1.70. The van der Waals surface area contributed by atoms with Crippen LogP contribution in [0.5, 0.6) is 0 Å². The van der Waals surface area contributed by atoms with Gasteiger partial charge in [-0.15, -0.1) is 0 Å². The molecular formula is C20H32O2Si. The predicted octanol–water partition coefficient (Wildman–Crippen LogP) is 5.06. The molecule has 3 heteroatoms. The van der Waals surface area contributed by atoms with E-state index in [0.29, 0.717) is 13.0 Å². The van der Waals surface area contributed by atoms with Crippen molar-refractivity contribution in [2.75, 3.05) is 6.61 Å². The monoisotopic (exact) mass is 332 g/mol. The minimum Gasteiger partial charge on any atom is -0.416 e. The summed E-state index contributed by atoms with van der Waals surface area (Å²) in [5.74, 6) is 6.04. The number of rotatable bonds is 4. The SMILES string of the molecule is Cc1cc(C)c(C(O)C#CCCO[Si](C)(C)C(C)(C)C)c(C)c1. The molecule has 1 atom stereocenters. The van der Waals surface area contributed by atoms with Crippen LogP contribution in [0.25, 0.3) is 0 Å². The van der Waals surface area contributed by atoms with E-state index in [2.05, 4.69) is 64.8 Å². The van der Waals surface area contributed by atoms with E-state index in [0.717, 1.165) is 16.7 Å². The Kier molecular flexibility index (Phi) is 6.65. The Morgan fingerprint density at radius 3 is 2.13 bits per heavy atom. The van der Waals surface area contributed by atoms with E-state index < -0.39 is 14.4 Å². The maximum absolute atomic E-state index is 10.4. The van der Waals surface area contributed by atoms with Crippen LogP contribution in [0.2, 0.25) is 18.1 Å². The summed E-state index contributed by atoms with van der Waals surface area (Å²) in [5.41, 5.74) is 4.35. The van der Waals surface area contributed by atoms with Crippen molar-refractivity contribution in [3.63, 3.8) is 0 Å². The minimum absolute atomic E-state index is 0.218. The van der Waals surface area contributed by atoms with Crippen LogP contribution in [0.4, 0.5) is 0 Å². The summed E-state index contributed by atoms with van der Waals surface area (Å²) in [6.07, 6.45) is -0.0588. The Hall–Kier alpha value is -1.08. The fraction of sp³-hybridized carbons (Fsp3) is 0.600. The lowest BCUT2D eigenvalue weighted by Gasteiger charge is -2.35. The molecule has 0 fully saturated rings. The van der Waals surface area contributed by atoms with Gasteiger partial charge in [-0.2, -0.15) is 0 Å². The van der Waals surface area contributed by atoms with E-state index >= 15 is 0 Å². The fourth-order valence-corrected chi connectivity index (χ4v) is 3.48. The average molecular weight is 333 g/mol. The highest BCUT2D eigenvalue weighted by atomic mass is 28.4. The Bertz CT molecular complexity index is 577. The van der Waals surface area contributed by atoms with Gasteiger partial charge in [0.05, 0.1) is 0 Å². The molecule has 0 bridgehead atoms. The summed E-state index contributed by atoms with van der Waals surface area (Å²) in [7, 11) is -1.70. The lowest BCUT2D eigenvalue weighted by atomic mass is 9.96. The van der Waals surface area contributed by atoms with Crippen molar-refractivity contribution in [1.82, 2.24) is 0 Å². The van der Waals surface area contributed by atoms with Crippen LogP contribution >= 0.6 is 0 Å². The largest absolute Gasteiger partial charge is 0.416 e. The third-order valence-corrected chi connectivity index (χ3v) is 9.28. The van der Waals surface area contributed by atoms with Gasteiger partial charge in [0, 0.05) is 13.0 Å². The first-order valence-electron chi connectivity index (χ1n) is 8.34. The highest BCUT2D eigenvalue weighted by molar-refractivity contribution is 6.74. The third-order valence-electron chi connectivity index (χ3n) is 4.75. The normalized spacial score (nSPS) is 13.4. The van der Waals surface area contributed by atoms with Crippen LogP contribution in [0.15, 0.2) is 12.1 Å². The van der Waals surface area contributed by atoms with E-state index in [1.807, 2.05) is 13.8 Å². The predicted molar refractivity (Wildman–Crippen MR) is 101 cm³/mol. The van der Waals surface area contributed by atoms with Crippen LogP contribution in [0.1, 0.15) is 55.5 Å². The Balaban J connectivity index is 2.65. The van der Waals surface area contributed by atoms with Crippen LogP contribution in [0, 0.1) is 32.6 Å². The Morgan fingerprint density at radius 1 is 1.13 bits per heavy atom. The molecule has 0 aromatic heterocycles. The van der Waals surface area contributed by atoms with Crippen molar-refractivity contribution in [3.8, 4) is 11.8 Å². The highest BCUT2D eigenvalue weighted by Gasteiger charge is 2.36. The van der Waals surface area contributed by atoms with Gasteiger partial charge in [-0.1, -0.05) is 50.3 Å². The van der Waals surface area contributed by atoms with Crippen molar-refractivity contribution < 1.29 is 9.53 Å². The number of aliphatic hydroxyl groups is 1. The molecule has 0 spiro atoms. The molecule has 1 aromatic rings. The van der Waals surface area contributed by atoms with E-state index in [-0.39, 0.29) is 5.04 Å². The summed E-state index contributed by atoms with van der Waals surface area (Å²) in [5, 5.41) is 10.6. The summed E-state index contributed by atoms with van der Waals surface area (Å²) in [6, 6.07) is 4.18. The maximum atomic E-state index is 10.4. The molecule has 0 radical (unpaired) electrons. The summed E-state index contributed by atoms with van der Waals surface area (Å²) < 4.78 is 6.10. The lowest BCUT2D eigenvalue weighted by Crippen LogP contribution is -2.40. The molecule has 1 rings (SSSR count). The third kappa shape index (κ3) is 5.49. The molecule has 1 aromatic carbocycles. The standard InChI is InChI=1S/C20H32O2Si/c1-15-13-16(2)19(17(3)14-15)18(21)11-9-10-12-22-23(7,8)20(4,5)6/h13-14,18,21H,10,12H2,1-8H3. The number of aryl methyl sites for hydroxylation is 3. The molecule has 0 heterocycles. The molecule has 1 unspecified atom stereocenters. The first kappa shape index (κ1) is 20.0. The molecule has 128 valence electrons. The average Bonchev–Trinajstić information content (AvgIpc) is 2.35. The fourth-order valence-electron chi connectivity index (χ4n) is 2.44.